The quantitative estimate of drug-likeness (QED) is 0.354. The van der Waals surface area contributed by atoms with Crippen LogP contribution in [0.15, 0.2) is 66.1 Å². The molecule has 1 heterocycles. The summed E-state index contributed by atoms with van der Waals surface area (Å²) < 4.78 is 0. The fourth-order valence-electron chi connectivity index (χ4n) is 4.40. The second-order valence-corrected chi connectivity index (χ2v) is 7.86. The number of anilines is 1. The van der Waals surface area contributed by atoms with Gasteiger partial charge in [-0.3, -0.25) is 4.98 Å². The van der Waals surface area contributed by atoms with Crippen molar-refractivity contribution in [2.24, 2.45) is 5.16 Å². The van der Waals surface area contributed by atoms with Gasteiger partial charge in [0.25, 0.3) is 0 Å². The van der Waals surface area contributed by atoms with E-state index in [0.29, 0.717) is 6.42 Å². The van der Waals surface area contributed by atoms with Gasteiger partial charge in [-0.25, -0.2) is 0 Å². The highest BCUT2D eigenvalue weighted by Gasteiger charge is 2.45. The van der Waals surface area contributed by atoms with E-state index in [1.807, 2.05) is 26.5 Å². The normalized spacial score (nSPS) is 25.4. The van der Waals surface area contributed by atoms with E-state index in [-0.39, 0.29) is 10.8 Å². The van der Waals surface area contributed by atoms with E-state index in [4.69, 9.17) is 0 Å². The molecule has 142 valence electrons. The predicted molar refractivity (Wildman–Crippen MR) is 112 cm³/mol. The fourth-order valence-corrected chi connectivity index (χ4v) is 4.40. The molecule has 0 saturated heterocycles. The lowest BCUT2D eigenvalue weighted by atomic mass is 9.59. The number of allylic oxidation sites excluding steroid dienone is 2. The second kappa shape index (κ2) is 7.55. The molecule has 4 nitrogen and oxygen atoms in total. The molecular formula is C23H29N3O. The van der Waals surface area contributed by atoms with Crippen LogP contribution in [0.3, 0.4) is 0 Å². The maximum Gasteiger partial charge on any atom is 0.0676 e. The van der Waals surface area contributed by atoms with E-state index in [0.717, 1.165) is 24.2 Å². The number of benzene rings is 1. The molecule has 2 atom stereocenters. The van der Waals surface area contributed by atoms with Gasteiger partial charge in [0.2, 0.25) is 0 Å². The highest BCUT2D eigenvalue weighted by molar-refractivity contribution is 5.95. The molecule has 1 aromatic carbocycles. The molecule has 1 aliphatic rings. The molecule has 0 aliphatic heterocycles. The van der Waals surface area contributed by atoms with E-state index in [1.165, 1.54) is 11.1 Å². The Balaban J connectivity index is 2.11. The lowest BCUT2D eigenvalue weighted by Crippen LogP contribution is -2.43. The first-order chi connectivity index (χ1) is 12.9. The molecule has 3 rings (SSSR count). The highest BCUT2D eigenvalue weighted by atomic mass is 16.4. The van der Waals surface area contributed by atoms with Crippen molar-refractivity contribution in [3.63, 3.8) is 0 Å². The Kier molecular flexibility index (Phi) is 5.36. The van der Waals surface area contributed by atoms with Crippen molar-refractivity contribution in [1.82, 2.24) is 4.98 Å². The zero-order valence-corrected chi connectivity index (χ0v) is 16.7. The molecule has 0 radical (unpaired) electrons. The summed E-state index contributed by atoms with van der Waals surface area (Å²) in [6.07, 6.45) is 10.6. The first-order valence-electron chi connectivity index (χ1n) is 9.52. The van der Waals surface area contributed by atoms with E-state index in [9.17, 15) is 5.21 Å². The van der Waals surface area contributed by atoms with Gasteiger partial charge in [-0.15, -0.1) is 0 Å². The minimum atomic E-state index is -0.318. The summed E-state index contributed by atoms with van der Waals surface area (Å²) in [5.74, 6) is 0. The van der Waals surface area contributed by atoms with Gasteiger partial charge in [0.15, 0.2) is 0 Å². The molecule has 0 fully saturated rings. The fraction of sp³-hybridized carbons (Fsp3) is 0.391. The first-order valence-corrected chi connectivity index (χ1v) is 9.52. The first kappa shape index (κ1) is 19.2. The molecule has 1 aliphatic carbocycles. The molecule has 2 aromatic rings. The predicted octanol–water partition coefficient (Wildman–Crippen LogP) is 4.93. The molecule has 0 spiro atoms. The largest absolute Gasteiger partial charge is 0.411 e. The lowest BCUT2D eigenvalue weighted by molar-refractivity contribution is 0.302. The summed E-state index contributed by atoms with van der Waals surface area (Å²) >= 11 is 0. The average Bonchev–Trinajstić information content (AvgIpc) is 2.70. The molecule has 1 N–H and O–H groups in total. The van der Waals surface area contributed by atoms with Gasteiger partial charge in [0.1, 0.15) is 0 Å². The Morgan fingerprint density at radius 3 is 2.33 bits per heavy atom. The zero-order chi connectivity index (χ0) is 19.5. The SMILES string of the molecule is CC/C(=N/O)C1(c2ccc(N(C)C)cc2)CC=C[C@](C)(c2ccncc2)C1. The Morgan fingerprint density at radius 2 is 1.78 bits per heavy atom. The lowest BCUT2D eigenvalue weighted by Gasteiger charge is -2.44. The van der Waals surface area contributed by atoms with E-state index >= 15 is 0 Å². The van der Waals surface area contributed by atoms with Crippen LogP contribution in [-0.2, 0) is 10.8 Å². The molecule has 27 heavy (non-hydrogen) atoms. The number of oxime groups is 1. The van der Waals surface area contributed by atoms with Crippen molar-refractivity contribution >= 4 is 11.4 Å². The van der Waals surface area contributed by atoms with Gasteiger partial charge in [0, 0.05) is 43.0 Å². The van der Waals surface area contributed by atoms with Crippen molar-refractivity contribution in [1.29, 1.82) is 0 Å². The van der Waals surface area contributed by atoms with Crippen molar-refractivity contribution < 1.29 is 5.21 Å². The molecule has 0 amide bonds. The van der Waals surface area contributed by atoms with Crippen LogP contribution < -0.4 is 4.90 Å². The smallest absolute Gasteiger partial charge is 0.0676 e. The number of rotatable bonds is 5. The van der Waals surface area contributed by atoms with E-state index in [1.54, 1.807) is 0 Å². The molecule has 0 saturated carbocycles. The minimum absolute atomic E-state index is 0.146. The topological polar surface area (TPSA) is 48.7 Å². The van der Waals surface area contributed by atoms with Gasteiger partial charge in [-0.2, -0.15) is 0 Å². The summed E-state index contributed by atoms with van der Waals surface area (Å²) in [5.41, 5.74) is 3.97. The number of nitrogens with zero attached hydrogens (tertiary/aromatic N) is 3. The highest BCUT2D eigenvalue weighted by Crippen LogP contribution is 2.47. The third-order valence-corrected chi connectivity index (χ3v) is 5.91. The van der Waals surface area contributed by atoms with Gasteiger partial charge >= 0.3 is 0 Å². The van der Waals surface area contributed by atoms with Gasteiger partial charge in [-0.1, -0.05) is 43.3 Å². The van der Waals surface area contributed by atoms with Crippen molar-refractivity contribution in [2.45, 2.75) is 43.9 Å². The molecular weight excluding hydrogens is 334 g/mol. The minimum Gasteiger partial charge on any atom is -0.411 e. The maximum absolute atomic E-state index is 9.83. The van der Waals surface area contributed by atoms with Crippen molar-refractivity contribution in [3.8, 4) is 0 Å². The standard InChI is InChI=1S/C23H29N3O/c1-5-21(25-27)23(19-7-9-20(10-8-19)26(3)4)14-6-13-22(2,17-23)18-11-15-24-16-12-18/h6-13,15-16,27H,5,14,17H2,1-4H3/b25-21-/t22-,23?/m0/s1. The van der Waals surface area contributed by atoms with Crippen molar-refractivity contribution in [2.75, 3.05) is 19.0 Å². The molecule has 0 bridgehead atoms. The van der Waals surface area contributed by atoms with Crippen LogP contribution in [0, 0.1) is 0 Å². The Morgan fingerprint density at radius 1 is 1.11 bits per heavy atom. The summed E-state index contributed by atoms with van der Waals surface area (Å²) in [5, 5.41) is 13.6. The van der Waals surface area contributed by atoms with Crippen LogP contribution in [0.1, 0.15) is 44.2 Å². The van der Waals surface area contributed by atoms with E-state index in [2.05, 4.69) is 77.4 Å². The van der Waals surface area contributed by atoms with Gasteiger partial charge in [0.05, 0.1) is 5.71 Å². The zero-order valence-electron chi connectivity index (χ0n) is 16.7. The Labute approximate surface area is 162 Å². The van der Waals surface area contributed by atoms with E-state index < -0.39 is 0 Å². The van der Waals surface area contributed by atoms with Crippen LogP contribution in [0.25, 0.3) is 0 Å². The second-order valence-electron chi connectivity index (χ2n) is 7.86. The van der Waals surface area contributed by atoms with Crippen LogP contribution in [0.4, 0.5) is 5.69 Å². The Hall–Kier alpha value is -2.62. The van der Waals surface area contributed by atoms with Crippen molar-refractivity contribution in [3.05, 3.63) is 72.1 Å². The van der Waals surface area contributed by atoms with Gasteiger partial charge in [-0.05, 0) is 54.7 Å². The number of hydrogen-bond acceptors (Lipinski definition) is 4. The molecule has 1 aromatic heterocycles. The number of aromatic nitrogens is 1. The van der Waals surface area contributed by atoms with Crippen LogP contribution in [0.5, 0.6) is 0 Å². The number of pyridine rings is 1. The monoisotopic (exact) mass is 363 g/mol. The Bertz CT molecular complexity index is 826. The van der Waals surface area contributed by atoms with Gasteiger partial charge < -0.3 is 10.1 Å². The summed E-state index contributed by atoms with van der Waals surface area (Å²) in [6.45, 7) is 4.32. The summed E-state index contributed by atoms with van der Waals surface area (Å²) in [4.78, 5) is 6.26. The summed E-state index contributed by atoms with van der Waals surface area (Å²) in [7, 11) is 4.09. The third-order valence-electron chi connectivity index (χ3n) is 5.91. The van der Waals surface area contributed by atoms with Crippen LogP contribution in [0.2, 0.25) is 0 Å². The molecule has 1 unspecified atom stereocenters. The van der Waals surface area contributed by atoms with Crippen LogP contribution >= 0.6 is 0 Å². The van der Waals surface area contributed by atoms with Crippen LogP contribution in [-0.4, -0.2) is 30.0 Å². The maximum atomic E-state index is 9.83. The summed E-state index contributed by atoms with van der Waals surface area (Å²) in [6, 6.07) is 12.8. The molecule has 4 heteroatoms. The average molecular weight is 364 g/mol. The number of hydrogen-bond donors (Lipinski definition) is 1. The third kappa shape index (κ3) is 3.48.